The average molecular weight is 1600 g/mol. The maximum atomic E-state index is 14.1. The predicted octanol–water partition coefficient (Wildman–Crippen LogP) is 8.91. The van der Waals surface area contributed by atoms with Crippen LogP contribution in [0.3, 0.4) is 0 Å². The van der Waals surface area contributed by atoms with Gasteiger partial charge in [-0.15, -0.1) is 0 Å². The fourth-order valence-corrected chi connectivity index (χ4v) is 10.3. The SMILES string of the molecule is O=C(Nc1ccc2nc(C3=CCN=N3)ccc2c1C(F)(F)F)c1c(O)nc(CS)[nH]c1=O.O=C(Nc1ncc(C2=CCN=N2)cc1C(F)(F)F)c1c(O)nc(CS)[nH]c1=O.O=C(Nc1ncc(C2=CCN=N2)cc1F)c1c(O)nc(CS)[nH]c1=O.O=C(Nc1ncc(C2=CCN=N2)cc1F)c1c(O)nc(CS)[nH]c1=O. The van der Waals surface area contributed by atoms with Crippen LogP contribution < -0.4 is 43.5 Å². The molecule has 0 radical (unpaired) electrons. The minimum atomic E-state index is -4.86. The Morgan fingerprint density at radius 2 is 0.764 bits per heavy atom. The van der Waals surface area contributed by atoms with Crippen molar-refractivity contribution in [1.29, 1.82) is 0 Å². The van der Waals surface area contributed by atoms with Crippen LogP contribution in [0.25, 0.3) is 33.7 Å². The fourth-order valence-electron chi connectivity index (χ4n) is 9.68. The summed E-state index contributed by atoms with van der Waals surface area (Å²) in [6, 6.07) is 7.92. The molecule has 13 rings (SSSR count). The number of carbonyl (C=O) groups is 4. The quantitative estimate of drug-likeness (QED) is 0.0317. The molecular formula is C62H46F8N24O12S4. The van der Waals surface area contributed by atoms with Gasteiger partial charge in [-0.1, -0.05) is 0 Å². The Bertz CT molecular complexity index is 5590. The normalized spacial score (nSPS) is 13.2. The number of fused-ring (bicyclic) bond motifs is 1. The van der Waals surface area contributed by atoms with Gasteiger partial charge in [-0.05, 0) is 66.8 Å². The molecule has 8 aromatic heterocycles. The number of anilines is 4. The number of pyridine rings is 4. The van der Waals surface area contributed by atoms with Gasteiger partial charge in [-0.25, -0.2) is 28.7 Å². The number of aromatic amines is 4. The number of aromatic hydroxyl groups is 4. The number of benzene rings is 1. The molecule has 0 fully saturated rings. The van der Waals surface area contributed by atoms with Gasteiger partial charge in [-0.2, -0.15) is 138 Å². The monoisotopic (exact) mass is 1600 g/mol. The third kappa shape index (κ3) is 18.6. The third-order valence-corrected chi connectivity index (χ3v) is 15.8. The largest absolute Gasteiger partial charge is 0.493 e. The zero-order valence-corrected chi connectivity index (χ0v) is 58.3. The molecule has 0 atom stereocenters. The van der Waals surface area contributed by atoms with Gasteiger partial charge in [0.25, 0.3) is 45.9 Å². The van der Waals surface area contributed by atoms with E-state index in [2.05, 4.69) is 162 Å². The van der Waals surface area contributed by atoms with E-state index in [1.165, 1.54) is 36.7 Å². The molecule has 0 aliphatic carbocycles. The van der Waals surface area contributed by atoms with Gasteiger partial charge >= 0.3 is 12.4 Å². The summed E-state index contributed by atoms with van der Waals surface area (Å²) in [6.45, 7) is 1.43. The standard InChI is InChI=1S/C19H13F3N6O3S.C15H11F3N6O3S.2C14H11FN6O3S/c20-19(21,22)15-8-1-2-10(11-5-6-23-28-11)24-9(8)3-4-12(15)25-16(29)14-17(30)26-13(7-32)27-18(14)31;16-15(17,18)7-3-6(8-1-2-20-24-8)4-19-11(7)23-14(27)10-12(25)21-9(5-28)22-13(10)26;2*15-7-3-6(8-1-2-17-21-8)4-16-11(7)20-14(24)10-12(22)18-9(5-25)19-13(10)23/h1-5,32H,6-7H2,(H,25,29)(H2,26,27,30,31);1,3-4,28H,2,5H2,(H,19,23,27)(H2,21,22,25,26);2*1,3-4,25H,2,5H2,(H,16,20,24)(H2,18,19,22,23). The lowest BCUT2D eigenvalue weighted by molar-refractivity contribution is -0.137. The molecule has 4 aliphatic heterocycles. The summed E-state index contributed by atoms with van der Waals surface area (Å²) in [5.74, 6) is -11.1. The predicted molar refractivity (Wildman–Crippen MR) is 384 cm³/mol. The zero-order chi connectivity index (χ0) is 79.5. The van der Waals surface area contributed by atoms with Crippen molar-refractivity contribution in [3.8, 4) is 23.5 Å². The van der Waals surface area contributed by atoms with Crippen molar-refractivity contribution < 1.29 is 74.7 Å². The molecule has 12 heterocycles. The molecule has 0 saturated carbocycles. The highest BCUT2D eigenvalue weighted by atomic mass is 32.1. The summed E-state index contributed by atoms with van der Waals surface area (Å²) in [7, 11) is 0. The van der Waals surface area contributed by atoms with Gasteiger partial charge in [0, 0.05) is 63.7 Å². The van der Waals surface area contributed by atoms with E-state index in [0.29, 0.717) is 53.5 Å². The van der Waals surface area contributed by atoms with E-state index in [9.17, 15) is 93.9 Å². The number of aromatic nitrogens is 12. The molecule has 566 valence electrons. The average Bonchev–Trinajstić information content (AvgIpc) is 0.871. The Kier molecular flexibility index (Phi) is 24.7. The molecule has 110 heavy (non-hydrogen) atoms. The number of amides is 4. The van der Waals surface area contributed by atoms with Crippen molar-refractivity contribution in [2.24, 2.45) is 40.9 Å². The summed E-state index contributed by atoms with van der Waals surface area (Å²) in [4.78, 5) is 136. The maximum absolute atomic E-state index is 14.1. The van der Waals surface area contributed by atoms with Gasteiger partial charge in [0.15, 0.2) is 45.5 Å². The summed E-state index contributed by atoms with van der Waals surface area (Å²) in [5.41, 5.74) is -6.92. The molecule has 0 saturated heterocycles. The Labute approximate surface area is 627 Å². The number of carbonyl (C=O) groups excluding carboxylic acids is 4. The lowest BCUT2D eigenvalue weighted by Crippen LogP contribution is -2.26. The number of thiol groups is 4. The first-order valence-electron chi connectivity index (χ1n) is 30.6. The number of rotatable bonds is 16. The van der Waals surface area contributed by atoms with Crippen LogP contribution in [-0.4, -0.2) is 130 Å². The first kappa shape index (κ1) is 79.4. The maximum Gasteiger partial charge on any atom is 0.419 e. The molecule has 4 aliphatic rings. The second-order valence-electron chi connectivity index (χ2n) is 21.8. The van der Waals surface area contributed by atoms with E-state index in [0.717, 1.165) is 30.5 Å². The van der Waals surface area contributed by atoms with Gasteiger partial charge in [0.1, 0.15) is 34.8 Å². The summed E-state index contributed by atoms with van der Waals surface area (Å²) in [5, 5.41) is 77.2. The molecule has 48 heteroatoms. The second kappa shape index (κ2) is 34.2. The van der Waals surface area contributed by atoms with Crippen molar-refractivity contribution in [3.05, 3.63) is 217 Å². The number of nitrogens with one attached hydrogen (secondary N) is 8. The van der Waals surface area contributed by atoms with Crippen molar-refractivity contribution in [3.63, 3.8) is 0 Å². The van der Waals surface area contributed by atoms with Crippen molar-refractivity contribution >= 4 is 131 Å². The molecule has 0 spiro atoms. The van der Waals surface area contributed by atoms with Crippen LogP contribution in [0.15, 0.2) is 145 Å². The van der Waals surface area contributed by atoms with Crippen LogP contribution in [0.4, 0.5) is 58.3 Å². The van der Waals surface area contributed by atoms with Crippen LogP contribution in [0.5, 0.6) is 23.5 Å². The lowest BCUT2D eigenvalue weighted by Gasteiger charge is -2.16. The number of H-pyrrole nitrogens is 4. The molecule has 0 bridgehead atoms. The van der Waals surface area contributed by atoms with Crippen LogP contribution >= 0.6 is 50.5 Å². The van der Waals surface area contributed by atoms with Gasteiger partial charge in [0.2, 0.25) is 23.5 Å². The number of hydrogen-bond acceptors (Lipinski definition) is 32. The number of azo groups is 4. The third-order valence-electron chi connectivity index (χ3n) is 14.6. The zero-order valence-electron chi connectivity index (χ0n) is 54.8. The van der Waals surface area contributed by atoms with E-state index in [4.69, 9.17) is 0 Å². The number of halogens is 8. The Balaban J connectivity index is 0.000000157. The molecule has 1 aromatic carbocycles. The Hall–Kier alpha value is -13.1. The number of nitrogens with zero attached hydrogens (tertiary/aromatic N) is 16. The highest BCUT2D eigenvalue weighted by molar-refractivity contribution is 7.79. The van der Waals surface area contributed by atoms with Crippen LogP contribution in [-0.2, 0) is 35.4 Å². The highest BCUT2D eigenvalue weighted by Gasteiger charge is 2.39. The first-order chi connectivity index (χ1) is 52.4. The summed E-state index contributed by atoms with van der Waals surface area (Å²) < 4.78 is 110. The minimum absolute atomic E-state index is 0.00661. The van der Waals surface area contributed by atoms with Gasteiger partial charge in [-0.3, -0.25) is 38.4 Å². The van der Waals surface area contributed by atoms with Gasteiger partial charge in [0.05, 0.1) is 71.3 Å². The van der Waals surface area contributed by atoms with Crippen LogP contribution in [0, 0.1) is 11.6 Å². The van der Waals surface area contributed by atoms with E-state index in [1.54, 1.807) is 18.2 Å². The fraction of sp³-hybridized carbons (Fsp3) is 0.161. The Morgan fingerprint density at radius 1 is 0.427 bits per heavy atom. The molecule has 0 unspecified atom stereocenters. The first-order valence-corrected chi connectivity index (χ1v) is 33.1. The second-order valence-corrected chi connectivity index (χ2v) is 23.1. The summed E-state index contributed by atoms with van der Waals surface area (Å²) in [6.07, 6.45) is 0.564. The minimum Gasteiger partial charge on any atom is -0.493 e. The smallest absolute Gasteiger partial charge is 0.419 e. The lowest BCUT2D eigenvalue weighted by atomic mass is 10.0. The van der Waals surface area contributed by atoms with E-state index in [-0.39, 0.29) is 75.0 Å². The molecular weight excluding hydrogens is 1550 g/mol. The van der Waals surface area contributed by atoms with Crippen molar-refractivity contribution in [1.82, 2.24) is 59.8 Å². The molecule has 36 nitrogen and oxygen atoms in total. The topological polar surface area (TPSA) is 531 Å². The van der Waals surface area contributed by atoms with Crippen LogP contribution in [0.1, 0.15) is 98.2 Å². The summed E-state index contributed by atoms with van der Waals surface area (Å²) >= 11 is 15.6. The van der Waals surface area contributed by atoms with E-state index < -0.39 is 150 Å². The van der Waals surface area contributed by atoms with Gasteiger partial charge < -0.3 is 61.6 Å². The van der Waals surface area contributed by atoms with Crippen molar-refractivity contribution in [2.45, 2.75) is 35.4 Å². The number of hydrogen-bond donors (Lipinski definition) is 16. The van der Waals surface area contributed by atoms with E-state index >= 15 is 0 Å². The molecule has 9 aromatic rings. The number of alkyl halides is 6. The molecule has 12 N–H and O–H groups in total. The van der Waals surface area contributed by atoms with Crippen molar-refractivity contribution in [2.75, 3.05) is 47.4 Å². The van der Waals surface area contributed by atoms with Crippen LogP contribution in [0.2, 0.25) is 0 Å². The Morgan fingerprint density at radius 3 is 1.08 bits per heavy atom. The van der Waals surface area contributed by atoms with E-state index in [1.807, 2.05) is 10.6 Å². The molecule has 4 amide bonds. The highest BCUT2D eigenvalue weighted by Crippen LogP contribution is 2.41.